The third-order valence-electron chi connectivity index (χ3n) is 11.5. The largest absolute Gasteiger partial charge is 0.481 e. The van der Waals surface area contributed by atoms with Crippen LogP contribution in [0.1, 0.15) is 72.1 Å². The molecular weight excluding hydrogens is 759 g/mol. The number of esters is 1. The number of carbonyl (C=O) groups excluding carboxylic acids is 1. The SMILES string of the molecule is C=C1[C@@H]2CC[C@H]3[C@]4(C)C[C@H](O[C@@H]5O[C@H](CO)[C@@H](OS(=O)(=O)O)[C@H](OS(=O)(=O)O)[C@H]5OC(=O)CC(C)C)CC(C(=O)O)[C@H]4CC[C@]3(C2)[C@H]1O.[K].[K]. The molecule has 5 aliphatic rings. The van der Waals surface area contributed by atoms with Crippen molar-refractivity contribution in [1.29, 1.82) is 0 Å². The van der Waals surface area contributed by atoms with Gasteiger partial charge in [-0.05, 0) is 79.6 Å². The maximum absolute atomic E-state index is 12.9. The second-order valence-electron chi connectivity index (χ2n) is 14.8. The molecule has 1 spiro atoms. The number of carbonyl (C=O) groups is 2. The van der Waals surface area contributed by atoms with Gasteiger partial charge in [0.05, 0.1) is 24.7 Å². The molecule has 1 heterocycles. The molecule has 4 aliphatic carbocycles. The summed E-state index contributed by atoms with van der Waals surface area (Å²) in [7, 11) is -10.8. The van der Waals surface area contributed by atoms with Gasteiger partial charge in [-0.25, -0.2) is 8.37 Å². The standard InChI is InChI=1S/C30H46O16S2.2K/c1-14(2)9-22(32)44-25-24(46-48(39,40)41)23(45-47(36,37)38)20(13-31)43-28(25)42-17-10-18(27(34)35)19-7-8-30-11-16(15(3)26(30)33)5-6-21(30)29(19,4)12-17;;/h14,16-21,23-26,28,31,33H,3,5-13H2,1-2,4H3,(H,34,35)(H,36,37,38)(H,39,40,41);;/t16-,17-,18?,19-,20-,21+,23-,24+,25-,26+,28-,29-,30-;;/m1../s1. The summed E-state index contributed by atoms with van der Waals surface area (Å²) in [5.41, 5.74) is -0.319. The third-order valence-corrected chi connectivity index (χ3v) is 12.4. The number of rotatable bonds is 11. The first-order valence-electron chi connectivity index (χ1n) is 16.2. The Labute approximate surface area is 377 Å². The molecule has 16 nitrogen and oxygen atoms in total. The number of carboxylic acid groups (broad SMARTS) is 1. The zero-order valence-corrected chi connectivity index (χ0v) is 36.9. The number of hydrogen-bond donors (Lipinski definition) is 5. The molecule has 1 unspecified atom stereocenters. The Morgan fingerprint density at radius 3 is 2.18 bits per heavy atom. The van der Waals surface area contributed by atoms with Crippen LogP contribution >= 0.6 is 0 Å². The number of ether oxygens (including phenoxy) is 3. The molecule has 2 bridgehead atoms. The number of carboxylic acids is 1. The van der Waals surface area contributed by atoms with Crippen LogP contribution in [0.15, 0.2) is 12.2 Å². The van der Waals surface area contributed by atoms with E-state index < -0.39 is 99.0 Å². The van der Waals surface area contributed by atoms with E-state index in [0.717, 1.165) is 24.8 Å². The van der Waals surface area contributed by atoms with Crippen LogP contribution in [-0.4, -0.2) is 205 Å². The molecule has 0 aromatic rings. The van der Waals surface area contributed by atoms with Gasteiger partial charge in [0.15, 0.2) is 18.5 Å². The van der Waals surface area contributed by atoms with Crippen LogP contribution in [0.25, 0.3) is 0 Å². The maximum Gasteiger partial charge on any atom is 0.397 e. The monoisotopic (exact) mass is 804 g/mol. The van der Waals surface area contributed by atoms with Crippen molar-refractivity contribution < 1.29 is 73.4 Å². The van der Waals surface area contributed by atoms with E-state index in [0.29, 0.717) is 12.8 Å². The van der Waals surface area contributed by atoms with Gasteiger partial charge in [-0.3, -0.25) is 18.7 Å². The van der Waals surface area contributed by atoms with Crippen LogP contribution < -0.4 is 0 Å². The van der Waals surface area contributed by atoms with E-state index in [2.05, 4.69) is 10.8 Å². The molecule has 0 aromatic carbocycles. The predicted octanol–water partition coefficient (Wildman–Crippen LogP) is 0.905. The minimum atomic E-state index is -5.42. The Morgan fingerprint density at radius 2 is 1.62 bits per heavy atom. The van der Waals surface area contributed by atoms with Crippen LogP contribution in [0.4, 0.5) is 0 Å². The number of fused-ring (bicyclic) bond motifs is 3. The fourth-order valence-electron chi connectivity index (χ4n) is 9.82. The molecule has 1 saturated heterocycles. The van der Waals surface area contributed by atoms with Crippen LogP contribution in [0.5, 0.6) is 0 Å². The van der Waals surface area contributed by atoms with E-state index in [1.165, 1.54) is 0 Å². The first-order valence-corrected chi connectivity index (χ1v) is 18.9. The van der Waals surface area contributed by atoms with E-state index >= 15 is 0 Å². The molecule has 0 aromatic heterocycles. The first kappa shape index (κ1) is 45.9. The Kier molecular flexibility index (Phi) is 15.9. The van der Waals surface area contributed by atoms with Crippen LogP contribution in [0, 0.1) is 40.4 Å². The molecule has 5 N–H and O–H groups in total. The average Bonchev–Trinajstić information content (AvgIpc) is 3.12. The van der Waals surface area contributed by atoms with Crippen molar-refractivity contribution >= 4 is 136 Å². The molecule has 13 atom stereocenters. The van der Waals surface area contributed by atoms with Crippen molar-refractivity contribution in [3.8, 4) is 0 Å². The minimum Gasteiger partial charge on any atom is -0.481 e. The van der Waals surface area contributed by atoms with Crippen molar-refractivity contribution in [1.82, 2.24) is 0 Å². The van der Waals surface area contributed by atoms with E-state index in [1.807, 2.05) is 6.92 Å². The van der Waals surface area contributed by atoms with Crippen molar-refractivity contribution in [2.75, 3.05) is 6.61 Å². The Balaban J connectivity index is 0.00000338. The first-order chi connectivity index (χ1) is 22.2. The summed E-state index contributed by atoms with van der Waals surface area (Å²) in [5.74, 6) is -3.25. The van der Waals surface area contributed by atoms with E-state index in [1.54, 1.807) is 13.8 Å². The average molecular weight is 805 g/mol. The molecule has 5 rings (SSSR count). The Morgan fingerprint density at radius 1 is 1.00 bits per heavy atom. The van der Waals surface area contributed by atoms with Crippen molar-refractivity contribution in [2.45, 2.75) is 115 Å². The quantitative estimate of drug-likeness (QED) is 0.0640. The smallest absolute Gasteiger partial charge is 0.397 e. The second-order valence-corrected chi connectivity index (χ2v) is 16.9. The number of aliphatic hydroxyl groups is 2. The molecular formula is C30H46K2O16S2. The summed E-state index contributed by atoms with van der Waals surface area (Å²) < 4.78 is 93.5. The molecule has 276 valence electrons. The fourth-order valence-corrected chi connectivity index (χ4v) is 10.8. The number of aliphatic hydroxyl groups excluding tert-OH is 2. The van der Waals surface area contributed by atoms with E-state index in [9.17, 15) is 50.8 Å². The van der Waals surface area contributed by atoms with Gasteiger partial charge in [-0.1, -0.05) is 27.4 Å². The van der Waals surface area contributed by atoms with Crippen molar-refractivity contribution in [3.05, 3.63) is 12.2 Å². The second kappa shape index (κ2) is 17.4. The van der Waals surface area contributed by atoms with Gasteiger partial charge < -0.3 is 29.5 Å². The Hall–Kier alpha value is 1.53. The summed E-state index contributed by atoms with van der Waals surface area (Å²) >= 11 is 0. The van der Waals surface area contributed by atoms with Crippen LogP contribution in [0.3, 0.4) is 0 Å². The Bertz CT molecular complexity index is 1490. The maximum atomic E-state index is 12.9. The van der Waals surface area contributed by atoms with Gasteiger partial charge >= 0.3 is 32.7 Å². The molecule has 20 heteroatoms. The fraction of sp³-hybridized carbons (Fsp3) is 0.867. The number of aliphatic carboxylic acids is 1. The zero-order valence-electron chi connectivity index (χ0n) is 29.0. The molecule has 50 heavy (non-hydrogen) atoms. The van der Waals surface area contributed by atoms with E-state index in [4.69, 9.17) is 18.4 Å². The molecule has 2 radical (unpaired) electrons. The summed E-state index contributed by atoms with van der Waals surface area (Å²) in [6.45, 7) is 8.52. The number of hydrogen-bond acceptors (Lipinski definition) is 13. The van der Waals surface area contributed by atoms with Gasteiger partial charge in [0.1, 0.15) is 12.2 Å². The predicted molar refractivity (Wildman–Crippen MR) is 174 cm³/mol. The van der Waals surface area contributed by atoms with Gasteiger partial charge in [0.25, 0.3) is 0 Å². The molecule has 1 aliphatic heterocycles. The summed E-state index contributed by atoms with van der Waals surface area (Å²) in [6.07, 6.45) is -7.93. The van der Waals surface area contributed by atoms with Crippen LogP contribution in [0.2, 0.25) is 0 Å². The minimum absolute atomic E-state index is 0. The summed E-state index contributed by atoms with van der Waals surface area (Å²) in [4.78, 5) is 25.7. The van der Waals surface area contributed by atoms with Gasteiger partial charge in [-0.15, -0.1) is 0 Å². The third kappa shape index (κ3) is 9.55. The van der Waals surface area contributed by atoms with Gasteiger partial charge in [0, 0.05) is 115 Å². The molecule has 5 fully saturated rings. The molecule has 0 amide bonds. The van der Waals surface area contributed by atoms with Gasteiger partial charge in [-0.2, -0.15) is 16.8 Å². The molecule has 4 saturated carbocycles. The van der Waals surface area contributed by atoms with Crippen molar-refractivity contribution in [2.24, 2.45) is 40.4 Å². The topological polar surface area (TPSA) is 250 Å². The van der Waals surface area contributed by atoms with Gasteiger partial charge in [0.2, 0.25) is 0 Å². The summed E-state index contributed by atoms with van der Waals surface area (Å²) in [6, 6.07) is 0. The summed E-state index contributed by atoms with van der Waals surface area (Å²) in [5, 5.41) is 32.0. The van der Waals surface area contributed by atoms with E-state index in [-0.39, 0.29) is 146 Å². The van der Waals surface area contributed by atoms with Crippen molar-refractivity contribution in [3.63, 3.8) is 0 Å². The zero-order chi connectivity index (χ0) is 35.6. The normalized spacial score (nSPS) is 41.3. The van der Waals surface area contributed by atoms with Crippen LogP contribution in [-0.2, 0) is 53.0 Å².